The van der Waals surface area contributed by atoms with Gasteiger partial charge in [0.05, 0.1) is 28.9 Å². The number of carbonyl (C=O) groups excluding carboxylic acids is 2. The molecular weight excluding hydrogens is 396 g/mol. The summed E-state index contributed by atoms with van der Waals surface area (Å²) in [5.74, 6) is 0.487. The first-order valence-electron chi connectivity index (χ1n) is 11.2. The fourth-order valence-corrected chi connectivity index (χ4v) is 9.24. The molecule has 6 heteroatoms. The van der Waals surface area contributed by atoms with Crippen LogP contribution < -0.4 is 4.74 Å². The Kier molecular flexibility index (Phi) is 8.95. The second kappa shape index (κ2) is 11.0. The number of carbonyl (C=O) groups is 2. The summed E-state index contributed by atoms with van der Waals surface area (Å²) in [6, 6.07) is 14.6. The topological polar surface area (TPSA) is 61.8 Å². The van der Waals surface area contributed by atoms with Crippen LogP contribution in [0.5, 0.6) is 5.75 Å². The van der Waals surface area contributed by atoms with E-state index in [1.54, 1.807) is 0 Å². The summed E-state index contributed by atoms with van der Waals surface area (Å²) >= 11 is 0. The molecule has 0 unspecified atom stereocenters. The third-order valence-corrected chi connectivity index (χ3v) is 13.4. The summed E-state index contributed by atoms with van der Waals surface area (Å²) < 4.78 is 16.1. The van der Waals surface area contributed by atoms with E-state index in [1.165, 1.54) is 32.4 Å². The normalized spacial score (nSPS) is 20.6. The Hall–Kier alpha value is -1.82. The zero-order chi connectivity index (χ0) is 22.2. The van der Waals surface area contributed by atoms with E-state index in [-0.39, 0.29) is 5.92 Å². The van der Waals surface area contributed by atoms with Crippen LogP contribution in [0.15, 0.2) is 30.3 Å². The van der Waals surface area contributed by atoms with Crippen molar-refractivity contribution >= 4 is 20.0 Å². The van der Waals surface area contributed by atoms with Gasteiger partial charge in [-0.15, -0.1) is 0 Å². The molecule has 0 aliphatic heterocycles. The van der Waals surface area contributed by atoms with Crippen molar-refractivity contribution in [3.05, 3.63) is 30.3 Å². The number of hydrogen-bond acceptors (Lipinski definition) is 5. The molecule has 1 saturated carbocycles. The van der Waals surface area contributed by atoms with E-state index in [2.05, 4.69) is 20.8 Å². The molecule has 0 radical (unpaired) electrons. The number of ether oxygens (including phenoxy) is 3. The van der Waals surface area contributed by atoms with Crippen LogP contribution in [0.2, 0.25) is 24.2 Å². The highest BCUT2D eigenvalue weighted by Crippen LogP contribution is 2.52. The maximum atomic E-state index is 12.8. The Morgan fingerprint density at radius 2 is 1.47 bits per heavy atom. The van der Waals surface area contributed by atoms with Crippen LogP contribution in [-0.4, -0.2) is 40.8 Å². The summed E-state index contributed by atoms with van der Waals surface area (Å²) in [6.07, 6.45) is 1.82. The van der Waals surface area contributed by atoms with Crippen molar-refractivity contribution in [1.82, 2.24) is 0 Å². The van der Waals surface area contributed by atoms with E-state index < -0.39 is 25.4 Å². The molecule has 168 valence electrons. The summed E-state index contributed by atoms with van der Waals surface area (Å²) in [4.78, 5) is 25.5. The SMILES string of the molecule is CC[Si](CC)(CC)C[C@@H]1CC(C(=O)OC)(C(=O)OC)C[C@H]1CCOc1ccccc1. The first-order chi connectivity index (χ1) is 14.4. The van der Waals surface area contributed by atoms with Crippen molar-refractivity contribution in [3.8, 4) is 5.75 Å². The minimum Gasteiger partial charge on any atom is -0.494 e. The number of rotatable bonds is 11. The lowest BCUT2D eigenvalue weighted by atomic mass is 9.84. The van der Waals surface area contributed by atoms with Gasteiger partial charge in [0.25, 0.3) is 0 Å². The molecule has 0 spiro atoms. The van der Waals surface area contributed by atoms with Gasteiger partial charge in [-0.25, -0.2) is 0 Å². The number of esters is 2. The zero-order valence-electron chi connectivity index (χ0n) is 19.2. The van der Waals surface area contributed by atoms with Crippen molar-refractivity contribution < 1.29 is 23.8 Å². The largest absolute Gasteiger partial charge is 0.494 e. The number of benzene rings is 1. The lowest BCUT2D eigenvalue weighted by Gasteiger charge is -2.33. The van der Waals surface area contributed by atoms with Gasteiger partial charge in [-0.05, 0) is 43.2 Å². The predicted octanol–water partition coefficient (Wildman–Crippen LogP) is 5.32. The van der Waals surface area contributed by atoms with Crippen molar-refractivity contribution in [2.45, 2.75) is 64.2 Å². The quantitative estimate of drug-likeness (QED) is 0.268. The molecule has 2 rings (SSSR count). The first-order valence-corrected chi connectivity index (χ1v) is 14.1. The van der Waals surface area contributed by atoms with Gasteiger partial charge in [-0.1, -0.05) is 63.1 Å². The number of methoxy groups -OCH3 is 2. The van der Waals surface area contributed by atoms with Crippen LogP contribution in [0.1, 0.15) is 40.0 Å². The average Bonchev–Trinajstić information content (AvgIpc) is 3.16. The first kappa shape index (κ1) is 24.4. The lowest BCUT2D eigenvalue weighted by molar-refractivity contribution is -0.169. The summed E-state index contributed by atoms with van der Waals surface area (Å²) in [5.41, 5.74) is -1.18. The maximum Gasteiger partial charge on any atom is 0.323 e. The average molecular weight is 435 g/mol. The van der Waals surface area contributed by atoms with Crippen LogP contribution >= 0.6 is 0 Å². The second-order valence-electron chi connectivity index (χ2n) is 8.71. The van der Waals surface area contributed by atoms with Gasteiger partial charge in [-0.2, -0.15) is 0 Å². The molecule has 1 aliphatic carbocycles. The molecule has 1 aromatic carbocycles. The predicted molar refractivity (Wildman–Crippen MR) is 121 cm³/mol. The van der Waals surface area contributed by atoms with Gasteiger partial charge in [-0.3, -0.25) is 9.59 Å². The fraction of sp³-hybridized carbons (Fsp3) is 0.667. The maximum absolute atomic E-state index is 12.8. The zero-order valence-corrected chi connectivity index (χ0v) is 20.2. The molecule has 0 heterocycles. The van der Waals surface area contributed by atoms with Gasteiger partial charge in [0.1, 0.15) is 5.75 Å². The fourth-order valence-electron chi connectivity index (χ4n) is 5.28. The van der Waals surface area contributed by atoms with Crippen LogP contribution in [0, 0.1) is 17.3 Å². The van der Waals surface area contributed by atoms with E-state index >= 15 is 0 Å². The van der Waals surface area contributed by atoms with E-state index in [0.717, 1.165) is 18.2 Å². The molecular formula is C24H38O5Si. The lowest BCUT2D eigenvalue weighted by Crippen LogP contribution is -2.40. The van der Waals surface area contributed by atoms with Crippen LogP contribution in [0.3, 0.4) is 0 Å². The Labute approximate surface area is 182 Å². The summed E-state index contributed by atoms with van der Waals surface area (Å²) in [6.45, 7) is 7.48. The van der Waals surface area contributed by atoms with Gasteiger partial charge < -0.3 is 14.2 Å². The summed E-state index contributed by atoms with van der Waals surface area (Å²) in [5, 5.41) is 0. The van der Waals surface area contributed by atoms with Gasteiger partial charge in [0.2, 0.25) is 0 Å². The molecule has 0 aromatic heterocycles. The molecule has 2 atom stereocenters. The Balaban J connectivity index is 2.24. The third-order valence-electron chi connectivity index (χ3n) is 7.49. The van der Waals surface area contributed by atoms with Crippen LogP contribution in [-0.2, 0) is 19.1 Å². The standard InChI is InChI=1S/C24H38O5Si/c1-6-30(7-2,8-3)18-20-17-24(22(25)27-4,23(26)28-5)16-19(20)14-15-29-21-12-10-9-11-13-21/h9-13,19-20H,6-8,14-18H2,1-5H3/t19-,20+/m1/s1. The Morgan fingerprint density at radius 1 is 0.933 bits per heavy atom. The van der Waals surface area contributed by atoms with E-state index in [1.807, 2.05) is 30.3 Å². The second-order valence-corrected chi connectivity index (χ2v) is 14.2. The van der Waals surface area contributed by atoms with Gasteiger partial charge in [0, 0.05) is 0 Å². The van der Waals surface area contributed by atoms with Crippen molar-refractivity contribution in [1.29, 1.82) is 0 Å². The van der Waals surface area contributed by atoms with Gasteiger partial charge in [0.15, 0.2) is 5.41 Å². The highest BCUT2D eigenvalue weighted by Gasteiger charge is 2.57. The van der Waals surface area contributed by atoms with Crippen LogP contribution in [0.4, 0.5) is 0 Å². The highest BCUT2D eigenvalue weighted by molar-refractivity contribution is 6.79. The molecule has 1 aromatic rings. The molecule has 30 heavy (non-hydrogen) atoms. The highest BCUT2D eigenvalue weighted by atomic mass is 28.3. The third kappa shape index (κ3) is 5.26. The smallest absolute Gasteiger partial charge is 0.323 e. The van der Waals surface area contributed by atoms with E-state index in [4.69, 9.17) is 14.2 Å². The minimum atomic E-state index is -1.42. The van der Waals surface area contributed by atoms with Crippen LogP contribution in [0.25, 0.3) is 0 Å². The molecule has 0 bridgehead atoms. The van der Waals surface area contributed by atoms with Gasteiger partial charge >= 0.3 is 11.9 Å². The molecule has 0 amide bonds. The Bertz CT molecular complexity index is 662. The summed E-state index contributed by atoms with van der Waals surface area (Å²) in [7, 11) is 1.29. The molecule has 1 fully saturated rings. The molecule has 5 nitrogen and oxygen atoms in total. The number of para-hydroxylation sites is 1. The van der Waals surface area contributed by atoms with Crippen molar-refractivity contribution in [2.24, 2.45) is 17.3 Å². The minimum absolute atomic E-state index is 0.239. The molecule has 0 saturated heterocycles. The molecule has 1 aliphatic rings. The number of hydrogen-bond donors (Lipinski definition) is 0. The van der Waals surface area contributed by atoms with Crippen molar-refractivity contribution in [2.75, 3.05) is 20.8 Å². The monoisotopic (exact) mass is 434 g/mol. The Morgan fingerprint density at radius 3 is 1.97 bits per heavy atom. The van der Waals surface area contributed by atoms with E-state index in [9.17, 15) is 9.59 Å². The molecule has 0 N–H and O–H groups in total. The van der Waals surface area contributed by atoms with Crippen molar-refractivity contribution in [3.63, 3.8) is 0 Å². The van der Waals surface area contributed by atoms with E-state index in [0.29, 0.717) is 25.4 Å².